The number of aliphatic hydroxyl groups is 3. The summed E-state index contributed by atoms with van der Waals surface area (Å²) >= 11 is 0. The number of hydrogen-bond donors (Lipinski definition) is 8. The molecule has 0 rings (SSSR count). The summed E-state index contributed by atoms with van der Waals surface area (Å²) in [6.45, 7) is 8.06. The second-order valence-electron chi connectivity index (χ2n) is 3.11. The second kappa shape index (κ2) is 59.6. The van der Waals surface area contributed by atoms with Crippen LogP contribution in [0, 0.1) is 0 Å². The van der Waals surface area contributed by atoms with E-state index in [1.54, 1.807) is 0 Å². The van der Waals surface area contributed by atoms with Gasteiger partial charge in [-0.2, -0.15) is 0 Å². The maximum Gasteiger partial charge on any atom is 0.270 e. The van der Waals surface area contributed by atoms with Gasteiger partial charge in [-0.3, -0.25) is 20.2 Å². The summed E-state index contributed by atoms with van der Waals surface area (Å²) in [5, 5.41) is 29.9. The zero-order chi connectivity index (χ0) is 18.5. The van der Waals surface area contributed by atoms with Crippen molar-refractivity contribution >= 4 is 13.6 Å². The Labute approximate surface area is 133 Å². The van der Waals surface area contributed by atoms with Gasteiger partial charge in [0.15, 0.2) is 0 Å². The lowest BCUT2D eigenvalue weighted by molar-refractivity contribution is 0.251. The molecule has 0 atom stereocenters. The van der Waals surface area contributed by atoms with Crippen LogP contribution in [0.15, 0.2) is 0 Å². The molecular weight excluding hydrogens is 294 g/mol. The highest BCUT2D eigenvalue weighted by Gasteiger charge is 1.82. The third kappa shape index (κ3) is 96.0. The lowest BCUT2D eigenvalue weighted by Crippen LogP contribution is -2.22. The van der Waals surface area contributed by atoms with E-state index in [1.165, 1.54) is 0 Å². The fourth-order valence-corrected chi connectivity index (χ4v) is 0.622. The van der Waals surface area contributed by atoms with E-state index in [0.717, 1.165) is 19.4 Å². The van der Waals surface area contributed by atoms with Crippen LogP contribution in [-0.2, 0) is 0 Å². The minimum atomic E-state index is 0.0250. The summed E-state index contributed by atoms with van der Waals surface area (Å²) in [5.74, 6) is 0. The number of unbranched alkanes of at least 4 members (excludes halogenated alkanes) is 1. The molecule has 0 fully saturated rings. The van der Waals surface area contributed by atoms with Crippen LogP contribution < -0.4 is 27.8 Å². The minimum Gasteiger partial charge on any atom is -0.396 e. The van der Waals surface area contributed by atoms with E-state index in [0.29, 0.717) is 26.2 Å². The summed E-state index contributed by atoms with van der Waals surface area (Å²) in [5.41, 5.74) is 14.8. The Morgan fingerprint density at radius 2 is 1.09 bits per heavy atom. The topological polar surface area (TPSA) is 206 Å². The van der Waals surface area contributed by atoms with Gasteiger partial charge in [-0.1, -0.05) is 0 Å². The van der Waals surface area contributed by atoms with Gasteiger partial charge in [0, 0.05) is 32.8 Å². The van der Waals surface area contributed by atoms with Gasteiger partial charge in [0.05, 0.1) is 13.5 Å². The fraction of sp³-hybridized carbons (Fsp3) is 0.833. The molecule has 0 amide bonds. The maximum absolute atomic E-state index is 8.28. The van der Waals surface area contributed by atoms with Crippen molar-refractivity contribution in [2.24, 2.45) is 17.2 Å². The van der Waals surface area contributed by atoms with Gasteiger partial charge < -0.3 is 32.5 Å². The predicted molar refractivity (Wildman–Crippen MR) is 91.8 cm³/mol. The molecule has 0 radical (unpaired) electrons. The third-order valence-corrected chi connectivity index (χ3v) is 1.47. The van der Waals surface area contributed by atoms with Crippen molar-refractivity contribution in [3.63, 3.8) is 0 Å². The molecule has 22 heavy (non-hydrogen) atoms. The highest BCUT2D eigenvalue weighted by Crippen LogP contribution is 1.81. The Hall–Kier alpha value is -0.980. The van der Waals surface area contributed by atoms with Crippen LogP contribution in [-0.4, -0.2) is 91.3 Å². The number of carbonyl (C=O) groups excluding carboxylic acids is 2. The first-order chi connectivity index (χ1) is 10.7. The second-order valence-corrected chi connectivity index (χ2v) is 3.11. The van der Waals surface area contributed by atoms with Gasteiger partial charge in [0.1, 0.15) is 0 Å². The Kier molecular flexibility index (Phi) is 89.0. The van der Waals surface area contributed by atoms with E-state index in [-0.39, 0.29) is 20.1 Å². The van der Waals surface area contributed by atoms with Gasteiger partial charge in [0.2, 0.25) is 0 Å². The molecule has 0 aliphatic carbocycles. The van der Waals surface area contributed by atoms with Crippen molar-refractivity contribution in [2.45, 2.75) is 12.8 Å². The molecule has 0 aliphatic heterocycles. The zero-order valence-corrected chi connectivity index (χ0v) is 13.5. The third-order valence-electron chi connectivity index (χ3n) is 1.47. The number of rotatable bonds is 9. The number of hydrogen-bond acceptors (Lipinski definition) is 8. The average molecular weight is 331 g/mol. The zero-order valence-electron chi connectivity index (χ0n) is 13.5. The molecule has 0 unspecified atom stereocenters. The molecule has 0 aromatic heterocycles. The monoisotopic (exact) mass is 331 g/mol. The summed E-state index contributed by atoms with van der Waals surface area (Å²) in [7, 11) is 0. The van der Waals surface area contributed by atoms with E-state index in [4.69, 9.17) is 42.1 Å². The standard InChI is InChI=1S/C5H13NO2.C3H10N2O.C2H8N2.2CH2O/c7-4-2-1-3-6-5-8;4-1-2-5-3-6;3-1-2-4;2*1-2/h6-8H,1-5H2;5-6H,1-4H2;1-4H2;2*1H2/p+2. The summed E-state index contributed by atoms with van der Waals surface area (Å²) in [4.78, 5) is 13.5. The van der Waals surface area contributed by atoms with Crippen molar-refractivity contribution in [3.8, 4) is 0 Å². The number of nitrogens with two attached hydrogens (primary N) is 3. The van der Waals surface area contributed by atoms with Crippen LogP contribution in [0.4, 0.5) is 0 Å². The van der Waals surface area contributed by atoms with Crippen LogP contribution in [0.5, 0.6) is 0 Å². The maximum atomic E-state index is 8.28. The largest absolute Gasteiger partial charge is 0.396 e. The van der Waals surface area contributed by atoms with Gasteiger partial charge >= 0.3 is 0 Å². The van der Waals surface area contributed by atoms with Crippen molar-refractivity contribution < 1.29 is 24.9 Å². The molecule has 0 bridgehead atoms. The lowest BCUT2D eigenvalue weighted by Gasteiger charge is -1.96. The molecule has 10 nitrogen and oxygen atoms in total. The van der Waals surface area contributed by atoms with Crippen LogP contribution in [0.3, 0.4) is 0 Å². The van der Waals surface area contributed by atoms with E-state index in [2.05, 4.69) is 24.2 Å². The van der Waals surface area contributed by atoms with E-state index >= 15 is 0 Å². The van der Waals surface area contributed by atoms with Gasteiger partial charge in [-0.05, 0) is 19.4 Å². The molecule has 10 heteroatoms. The average Bonchev–Trinajstić information content (AvgIpc) is 2.61. The summed E-state index contributed by atoms with van der Waals surface area (Å²) in [6.07, 6.45) is 1.74. The van der Waals surface area contributed by atoms with Crippen molar-refractivity contribution in [3.05, 3.63) is 0 Å². The normalized spacial score (nSPS) is 7.73. The van der Waals surface area contributed by atoms with E-state index in [9.17, 15) is 0 Å². The molecule has 0 spiro atoms. The first-order valence-corrected chi connectivity index (χ1v) is 6.72. The van der Waals surface area contributed by atoms with Crippen LogP contribution in [0.2, 0.25) is 0 Å². The van der Waals surface area contributed by atoms with Crippen molar-refractivity contribution in [2.75, 3.05) is 52.8 Å². The lowest BCUT2D eigenvalue weighted by atomic mass is 10.3. The Morgan fingerprint density at radius 1 is 0.682 bits per heavy atom. The highest BCUT2D eigenvalue weighted by atomic mass is 16.3. The number of aliphatic hydroxyl groups excluding tert-OH is 3. The first-order valence-electron chi connectivity index (χ1n) is 6.72. The first kappa shape index (κ1) is 32.8. The molecule has 0 aromatic carbocycles. The predicted octanol–water partition coefficient (Wildman–Crippen LogP) is -3.73. The fourth-order valence-electron chi connectivity index (χ4n) is 0.622. The minimum absolute atomic E-state index is 0.0250. The summed E-state index contributed by atoms with van der Waals surface area (Å²) < 4.78 is 0. The van der Waals surface area contributed by atoms with Crippen LogP contribution >= 0.6 is 0 Å². The molecule has 13 N–H and O–H groups in total. The Balaban J connectivity index is -0.0000000612. The molecule has 0 saturated heterocycles. The SMILES string of the molecule is C=[OH+].C=[OH+].NCCN.NCCNCO.OCCCCNCO. The molecule has 0 heterocycles. The molecule has 0 aromatic rings. The van der Waals surface area contributed by atoms with E-state index < -0.39 is 0 Å². The summed E-state index contributed by atoms with van der Waals surface area (Å²) in [6, 6.07) is 0. The smallest absolute Gasteiger partial charge is 0.270 e. The van der Waals surface area contributed by atoms with Crippen molar-refractivity contribution in [1.82, 2.24) is 10.6 Å². The molecule has 0 saturated carbocycles. The quantitative estimate of drug-likeness (QED) is 0.119. The molecule has 138 valence electrons. The van der Waals surface area contributed by atoms with Crippen molar-refractivity contribution in [1.29, 1.82) is 0 Å². The highest BCUT2D eigenvalue weighted by molar-refractivity contribution is 5.12. The van der Waals surface area contributed by atoms with Gasteiger partial charge in [-0.15, -0.1) is 0 Å². The van der Waals surface area contributed by atoms with Gasteiger partial charge in [-0.25, -0.2) is 0 Å². The Morgan fingerprint density at radius 3 is 1.32 bits per heavy atom. The van der Waals surface area contributed by atoms with E-state index in [1.807, 2.05) is 0 Å². The van der Waals surface area contributed by atoms with Crippen LogP contribution in [0.25, 0.3) is 0 Å². The molecule has 0 aliphatic rings. The Bertz CT molecular complexity index is 124. The van der Waals surface area contributed by atoms with Crippen LogP contribution in [0.1, 0.15) is 12.8 Å². The van der Waals surface area contributed by atoms with Gasteiger partial charge in [0.25, 0.3) is 13.6 Å². The number of nitrogens with one attached hydrogen (secondary N) is 2. The molecular formula is C12H37N5O5+2.